The van der Waals surface area contributed by atoms with Crippen LogP contribution in [0.15, 0.2) is 5.38 Å². The van der Waals surface area contributed by atoms with Crippen LogP contribution in [0.1, 0.15) is 50.7 Å². The number of nitrogens with one attached hydrogen (secondary N) is 1. The molecule has 18 heavy (non-hydrogen) atoms. The molecule has 0 spiro atoms. The highest BCUT2D eigenvalue weighted by Gasteiger charge is 2.16. The average molecular weight is 269 g/mol. The molecule has 1 heterocycles. The van der Waals surface area contributed by atoms with Gasteiger partial charge in [-0.15, -0.1) is 11.3 Å². The van der Waals surface area contributed by atoms with Crippen LogP contribution in [0.25, 0.3) is 0 Å². The zero-order valence-electron chi connectivity index (χ0n) is 11.5. The van der Waals surface area contributed by atoms with Gasteiger partial charge in [-0.3, -0.25) is 4.79 Å². The Morgan fingerprint density at radius 3 is 2.72 bits per heavy atom. The molecule has 1 rings (SSSR count). The van der Waals surface area contributed by atoms with Crippen LogP contribution >= 0.6 is 11.3 Å². The number of nitrogens with zero attached hydrogens (tertiary/aromatic N) is 1. The summed E-state index contributed by atoms with van der Waals surface area (Å²) in [5, 5.41) is 6.59. The van der Waals surface area contributed by atoms with E-state index in [1.54, 1.807) is 11.3 Å². The molecule has 3 N–H and O–H groups in total. The zero-order valence-corrected chi connectivity index (χ0v) is 12.3. The minimum absolute atomic E-state index is 0.121. The third kappa shape index (κ3) is 5.60. The number of thiazole rings is 1. The molecular formula is C13H23N3OS. The number of rotatable bonds is 7. The van der Waals surface area contributed by atoms with Gasteiger partial charge in [0.05, 0.1) is 5.69 Å². The number of carbonyl (C=O) groups is 1. The summed E-state index contributed by atoms with van der Waals surface area (Å²) in [5.74, 6) is -0.218. The van der Waals surface area contributed by atoms with E-state index in [2.05, 4.69) is 36.5 Å². The van der Waals surface area contributed by atoms with Crippen molar-refractivity contribution in [2.75, 3.05) is 6.54 Å². The number of aromatic nitrogens is 1. The predicted molar refractivity (Wildman–Crippen MR) is 75.6 cm³/mol. The lowest BCUT2D eigenvalue weighted by atomic mass is 9.93. The number of amides is 1. The fraction of sp³-hybridized carbons (Fsp3) is 0.692. The van der Waals surface area contributed by atoms with Crippen LogP contribution in [0.2, 0.25) is 0 Å². The summed E-state index contributed by atoms with van der Waals surface area (Å²) in [5.41, 5.74) is 6.35. The summed E-state index contributed by atoms with van der Waals surface area (Å²) in [4.78, 5) is 15.2. The molecule has 0 atom stereocenters. The molecule has 0 aliphatic rings. The Morgan fingerprint density at radius 1 is 1.44 bits per heavy atom. The van der Waals surface area contributed by atoms with Crippen LogP contribution in [0.4, 0.5) is 0 Å². The van der Waals surface area contributed by atoms with Crippen molar-refractivity contribution in [2.45, 2.75) is 52.0 Å². The number of hydrogen-bond acceptors (Lipinski definition) is 4. The number of nitrogens with two attached hydrogens (primary N) is 1. The van der Waals surface area contributed by atoms with E-state index in [4.69, 9.17) is 5.73 Å². The Hall–Kier alpha value is -0.940. The summed E-state index contributed by atoms with van der Waals surface area (Å²) in [6.45, 7) is 8.21. The third-order valence-corrected chi connectivity index (χ3v) is 3.47. The predicted octanol–water partition coefficient (Wildman–Crippen LogP) is 2.19. The van der Waals surface area contributed by atoms with Gasteiger partial charge in [-0.2, -0.15) is 0 Å². The van der Waals surface area contributed by atoms with Crippen molar-refractivity contribution in [1.29, 1.82) is 0 Å². The summed E-state index contributed by atoms with van der Waals surface area (Å²) < 4.78 is 0. The van der Waals surface area contributed by atoms with Crippen molar-refractivity contribution in [2.24, 2.45) is 5.73 Å². The first-order valence-corrected chi connectivity index (χ1v) is 7.21. The summed E-state index contributed by atoms with van der Waals surface area (Å²) in [6.07, 6.45) is 2.31. The van der Waals surface area contributed by atoms with Crippen LogP contribution in [-0.4, -0.2) is 17.4 Å². The number of primary amides is 1. The minimum atomic E-state index is -0.218. The maximum Gasteiger partial charge on any atom is 0.217 e. The van der Waals surface area contributed by atoms with Gasteiger partial charge < -0.3 is 11.1 Å². The first-order chi connectivity index (χ1) is 8.39. The molecule has 4 nitrogen and oxygen atoms in total. The molecule has 0 aliphatic carbocycles. The Morgan fingerprint density at radius 2 is 2.17 bits per heavy atom. The lowest BCUT2D eigenvalue weighted by Gasteiger charge is -2.14. The molecule has 0 radical (unpaired) electrons. The monoisotopic (exact) mass is 269 g/mol. The third-order valence-electron chi connectivity index (χ3n) is 2.62. The second-order valence-corrected chi connectivity index (χ2v) is 6.42. The van der Waals surface area contributed by atoms with Crippen molar-refractivity contribution in [3.05, 3.63) is 16.1 Å². The van der Waals surface area contributed by atoms with E-state index in [9.17, 15) is 4.79 Å². The molecular weight excluding hydrogens is 246 g/mol. The maximum atomic E-state index is 10.5. The Balaban J connectivity index is 2.20. The highest BCUT2D eigenvalue weighted by Crippen LogP contribution is 2.23. The average Bonchev–Trinajstić information content (AvgIpc) is 2.71. The molecule has 0 aromatic carbocycles. The van der Waals surface area contributed by atoms with Crippen molar-refractivity contribution < 1.29 is 4.79 Å². The molecule has 0 saturated carbocycles. The van der Waals surface area contributed by atoms with Gasteiger partial charge in [0.1, 0.15) is 5.01 Å². The van der Waals surface area contributed by atoms with Crippen LogP contribution < -0.4 is 11.1 Å². The van der Waals surface area contributed by atoms with Crippen LogP contribution in [0.5, 0.6) is 0 Å². The normalized spacial score (nSPS) is 11.7. The second kappa shape index (κ2) is 6.85. The highest BCUT2D eigenvalue weighted by atomic mass is 32.1. The summed E-state index contributed by atoms with van der Waals surface area (Å²) >= 11 is 1.70. The molecule has 5 heteroatoms. The lowest BCUT2D eigenvalue weighted by Crippen LogP contribution is -2.17. The number of carbonyl (C=O) groups excluding carboxylic acids is 1. The van der Waals surface area contributed by atoms with E-state index in [0.29, 0.717) is 6.42 Å². The Labute approximate surface area is 113 Å². The van der Waals surface area contributed by atoms with Crippen molar-refractivity contribution in [3.63, 3.8) is 0 Å². The zero-order chi connectivity index (χ0) is 13.6. The van der Waals surface area contributed by atoms with Crippen LogP contribution in [0, 0.1) is 0 Å². The minimum Gasteiger partial charge on any atom is -0.370 e. The number of unbranched alkanes of at least 4 members (excludes halogenated alkanes) is 1. The standard InChI is InChI=1S/C13H23N3OS/c1-13(2,3)10-9-18-12(16-10)8-15-7-5-4-6-11(14)17/h9,15H,4-8H2,1-3H3,(H2,14,17). The topological polar surface area (TPSA) is 68.0 Å². The summed E-state index contributed by atoms with van der Waals surface area (Å²) in [7, 11) is 0. The van der Waals surface area contributed by atoms with Crippen molar-refractivity contribution in [3.8, 4) is 0 Å². The van der Waals surface area contributed by atoms with E-state index in [0.717, 1.165) is 36.6 Å². The molecule has 1 aromatic heterocycles. The van der Waals surface area contributed by atoms with Gasteiger partial charge in [-0.05, 0) is 19.4 Å². The van der Waals surface area contributed by atoms with Crippen LogP contribution in [-0.2, 0) is 16.8 Å². The maximum absolute atomic E-state index is 10.5. The Kier molecular flexibility index (Phi) is 5.75. The van der Waals surface area contributed by atoms with Gasteiger partial charge in [0.2, 0.25) is 5.91 Å². The number of hydrogen-bond donors (Lipinski definition) is 2. The molecule has 0 bridgehead atoms. The van der Waals surface area contributed by atoms with Crippen molar-refractivity contribution >= 4 is 17.2 Å². The van der Waals surface area contributed by atoms with Gasteiger partial charge in [0, 0.05) is 23.8 Å². The highest BCUT2D eigenvalue weighted by molar-refractivity contribution is 7.09. The quantitative estimate of drug-likeness (QED) is 0.746. The first-order valence-electron chi connectivity index (χ1n) is 6.33. The van der Waals surface area contributed by atoms with Gasteiger partial charge in [-0.25, -0.2) is 4.98 Å². The second-order valence-electron chi connectivity index (χ2n) is 5.48. The molecule has 102 valence electrons. The van der Waals surface area contributed by atoms with Crippen LogP contribution in [0.3, 0.4) is 0 Å². The molecule has 0 unspecified atom stereocenters. The van der Waals surface area contributed by atoms with E-state index in [-0.39, 0.29) is 11.3 Å². The SMILES string of the molecule is CC(C)(C)c1csc(CNCCCCC(N)=O)n1. The molecule has 1 amide bonds. The summed E-state index contributed by atoms with van der Waals surface area (Å²) in [6, 6.07) is 0. The molecule has 0 fully saturated rings. The van der Waals surface area contributed by atoms with Gasteiger partial charge in [-0.1, -0.05) is 20.8 Å². The molecule has 0 saturated heterocycles. The Bertz CT molecular complexity index is 382. The van der Waals surface area contributed by atoms with E-state index >= 15 is 0 Å². The van der Waals surface area contributed by atoms with Gasteiger partial charge in [0.15, 0.2) is 0 Å². The fourth-order valence-electron chi connectivity index (χ4n) is 1.48. The fourth-order valence-corrected chi connectivity index (χ4v) is 2.47. The van der Waals surface area contributed by atoms with E-state index in [1.807, 2.05) is 0 Å². The molecule has 0 aliphatic heterocycles. The lowest BCUT2D eigenvalue weighted by molar-refractivity contribution is -0.118. The molecule has 1 aromatic rings. The van der Waals surface area contributed by atoms with Gasteiger partial charge in [0.25, 0.3) is 0 Å². The van der Waals surface area contributed by atoms with Crippen molar-refractivity contribution in [1.82, 2.24) is 10.3 Å². The van der Waals surface area contributed by atoms with E-state index in [1.165, 1.54) is 0 Å². The van der Waals surface area contributed by atoms with Gasteiger partial charge >= 0.3 is 0 Å². The van der Waals surface area contributed by atoms with E-state index < -0.39 is 0 Å². The first kappa shape index (κ1) is 15.1. The smallest absolute Gasteiger partial charge is 0.217 e. The largest absolute Gasteiger partial charge is 0.370 e.